The summed E-state index contributed by atoms with van der Waals surface area (Å²) in [6, 6.07) is 5.51. The molecular formula is C12H13NO3. The number of hydrogen-bond donors (Lipinski definition) is 1. The lowest BCUT2D eigenvalue weighted by atomic mass is 10.1. The van der Waals surface area contributed by atoms with Gasteiger partial charge in [-0.25, -0.2) is 0 Å². The molecule has 16 heavy (non-hydrogen) atoms. The largest absolute Gasteiger partial charge is 0.454 e. The molecule has 1 aromatic rings. The van der Waals surface area contributed by atoms with Gasteiger partial charge in [-0.2, -0.15) is 0 Å². The van der Waals surface area contributed by atoms with E-state index >= 15 is 0 Å². The van der Waals surface area contributed by atoms with Crippen molar-refractivity contribution in [2.45, 2.75) is 6.42 Å². The Kier molecular flexibility index (Phi) is 3.10. The molecule has 1 aliphatic heterocycles. The number of carbonyl (C=O) groups is 1. The van der Waals surface area contributed by atoms with Crippen LogP contribution in [-0.2, 0) is 11.2 Å². The molecule has 1 N–H and O–H groups in total. The minimum absolute atomic E-state index is 0.0289. The van der Waals surface area contributed by atoms with Gasteiger partial charge in [0.25, 0.3) is 0 Å². The molecule has 0 radical (unpaired) electrons. The molecule has 0 bridgehead atoms. The summed E-state index contributed by atoms with van der Waals surface area (Å²) in [5, 5.41) is 2.72. The van der Waals surface area contributed by atoms with Crippen molar-refractivity contribution in [3.05, 3.63) is 36.4 Å². The second-order valence-corrected chi connectivity index (χ2v) is 3.46. The first-order valence-corrected chi connectivity index (χ1v) is 5.05. The molecule has 4 nitrogen and oxygen atoms in total. The lowest BCUT2D eigenvalue weighted by Gasteiger charge is -2.03. The lowest BCUT2D eigenvalue weighted by Crippen LogP contribution is -2.24. The lowest BCUT2D eigenvalue weighted by molar-refractivity contribution is -0.120. The summed E-state index contributed by atoms with van der Waals surface area (Å²) in [6.45, 7) is 4.28. The Labute approximate surface area is 93.9 Å². The van der Waals surface area contributed by atoms with Crippen molar-refractivity contribution in [3.8, 4) is 11.5 Å². The zero-order valence-corrected chi connectivity index (χ0v) is 8.86. The second-order valence-electron chi connectivity index (χ2n) is 3.46. The van der Waals surface area contributed by atoms with Crippen molar-refractivity contribution in [2.75, 3.05) is 13.3 Å². The predicted octanol–water partition coefficient (Wildman–Crippen LogP) is 1.26. The highest BCUT2D eigenvalue weighted by Crippen LogP contribution is 2.32. The van der Waals surface area contributed by atoms with Crippen LogP contribution in [0.15, 0.2) is 30.9 Å². The van der Waals surface area contributed by atoms with Crippen molar-refractivity contribution < 1.29 is 14.3 Å². The molecule has 1 aliphatic rings. The summed E-state index contributed by atoms with van der Waals surface area (Å²) in [6.07, 6.45) is 1.99. The van der Waals surface area contributed by atoms with Crippen LogP contribution in [0.3, 0.4) is 0 Å². The minimum atomic E-state index is -0.0289. The van der Waals surface area contributed by atoms with Crippen LogP contribution in [0.1, 0.15) is 5.56 Å². The van der Waals surface area contributed by atoms with E-state index in [-0.39, 0.29) is 12.7 Å². The zero-order chi connectivity index (χ0) is 11.4. The van der Waals surface area contributed by atoms with Crippen LogP contribution in [-0.4, -0.2) is 19.2 Å². The summed E-state index contributed by atoms with van der Waals surface area (Å²) < 4.78 is 10.4. The quantitative estimate of drug-likeness (QED) is 0.775. The SMILES string of the molecule is C=CCNC(=O)Cc1ccc2c(c1)OCO2. The number of hydrogen-bond acceptors (Lipinski definition) is 3. The van der Waals surface area contributed by atoms with Crippen LogP contribution in [0.4, 0.5) is 0 Å². The van der Waals surface area contributed by atoms with Crippen molar-refractivity contribution in [1.29, 1.82) is 0 Å². The minimum Gasteiger partial charge on any atom is -0.454 e. The van der Waals surface area contributed by atoms with Gasteiger partial charge in [-0.15, -0.1) is 6.58 Å². The molecule has 0 saturated heterocycles. The molecular weight excluding hydrogens is 206 g/mol. The molecule has 84 valence electrons. The van der Waals surface area contributed by atoms with Gasteiger partial charge in [0.1, 0.15) is 0 Å². The summed E-state index contributed by atoms with van der Waals surface area (Å²) in [7, 11) is 0. The standard InChI is InChI=1S/C12H13NO3/c1-2-5-13-12(14)7-9-3-4-10-11(6-9)16-8-15-10/h2-4,6H,1,5,7-8H2,(H,13,14). The third-order valence-electron chi connectivity index (χ3n) is 2.25. The van der Waals surface area contributed by atoms with E-state index in [9.17, 15) is 4.79 Å². The fourth-order valence-electron chi connectivity index (χ4n) is 1.48. The van der Waals surface area contributed by atoms with E-state index in [1.54, 1.807) is 6.08 Å². The third-order valence-corrected chi connectivity index (χ3v) is 2.25. The molecule has 4 heteroatoms. The third kappa shape index (κ3) is 2.34. The molecule has 1 aromatic carbocycles. The highest BCUT2D eigenvalue weighted by atomic mass is 16.7. The van der Waals surface area contributed by atoms with Gasteiger partial charge in [-0.3, -0.25) is 4.79 Å². The van der Waals surface area contributed by atoms with Gasteiger partial charge in [0.2, 0.25) is 12.7 Å². The smallest absolute Gasteiger partial charge is 0.231 e. The molecule has 0 aliphatic carbocycles. The fraction of sp³-hybridized carbons (Fsp3) is 0.250. The van der Waals surface area contributed by atoms with E-state index < -0.39 is 0 Å². The van der Waals surface area contributed by atoms with Gasteiger partial charge in [0.05, 0.1) is 6.42 Å². The van der Waals surface area contributed by atoms with E-state index in [4.69, 9.17) is 9.47 Å². The van der Waals surface area contributed by atoms with Crippen LogP contribution in [0.25, 0.3) is 0 Å². The number of carbonyl (C=O) groups excluding carboxylic acids is 1. The van der Waals surface area contributed by atoms with Gasteiger partial charge in [0, 0.05) is 6.54 Å². The molecule has 0 saturated carbocycles. The fourth-order valence-corrected chi connectivity index (χ4v) is 1.48. The average molecular weight is 219 g/mol. The number of amides is 1. The average Bonchev–Trinajstić information content (AvgIpc) is 2.73. The van der Waals surface area contributed by atoms with Gasteiger partial charge in [-0.05, 0) is 17.7 Å². The van der Waals surface area contributed by atoms with E-state index in [1.165, 1.54) is 0 Å². The zero-order valence-electron chi connectivity index (χ0n) is 8.86. The Hall–Kier alpha value is -1.97. The van der Waals surface area contributed by atoms with E-state index in [1.807, 2.05) is 18.2 Å². The first-order chi connectivity index (χ1) is 7.79. The van der Waals surface area contributed by atoms with Crippen LogP contribution in [0.5, 0.6) is 11.5 Å². The van der Waals surface area contributed by atoms with Gasteiger partial charge in [0.15, 0.2) is 11.5 Å². The van der Waals surface area contributed by atoms with Gasteiger partial charge >= 0.3 is 0 Å². The predicted molar refractivity (Wildman–Crippen MR) is 59.5 cm³/mol. The molecule has 0 fully saturated rings. The number of ether oxygens (including phenoxy) is 2. The number of rotatable bonds is 4. The Morgan fingerprint density at radius 1 is 1.44 bits per heavy atom. The van der Waals surface area contributed by atoms with Crippen LogP contribution < -0.4 is 14.8 Å². The van der Waals surface area contributed by atoms with Crippen LogP contribution in [0.2, 0.25) is 0 Å². The first-order valence-electron chi connectivity index (χ1n) is 5.05. The molecule has 2 rings (SSSR count). The summed E-state index contributed by atoms with van der Waals surface area (Å²) >= 11 is 0. The van der Waals surface area contributed by atoms with Gasteiger partial charge < -0.3 is 14.8 Å². The Morgan fingerprint density at radius 2 is 2.25 bits per heavy atom. The summed E-state index contributed by atoms with van der Waals surface area (Å²) in [5.74, 6) is 1.41. The van der Waals surface area contributed by atoms with E-state index in [0.717, 1.165) is 11.3 Å². The molecule has 1 heterocycles. The maximum Gasteiger partial charge on any atom is 0.231 e. The first kappa shape index (κ1) is 10.5. The van der Waals surface area contributed by atoms with Crippen molar-refractivity contribution >= 4 is 5.91 Å². The molecule has 0 aromatic heterocycles. The molecule has 1 amide bonds. The Balaban J connectivity index is 1.99. The summed E-state index contributed by atoms with van der Waals surface area (Å²) in [4.78, 5) is 11.4. The van der Waals surface area contributed by atoms with Crippen molar-refractivity contribution in [2.24, 2.45) is 0 Å². The highest BCUT2D eigenvalue weighted by molar-refractivity contribution is 5.78. The second kappa shape index (κ2) is 4.70. The number of fused-ring (bicyclic) bond motifs is 1. The topological polar surface area (TPSA) is 47.6 Å². The number of benzene rings is 1. The van der Waals surface area contributed by atoms with E-state index in [0.29, 0.717) is 18.7 Å². The monoisotopic (exact) mass is 219 g/mol. The van der Waals surface area contributed by atoms with Gasteiger partial charge in [-0.1, -0.05) is 12.1 Å². The maximum atomic E-state index is 11.4. The normalized spacial score (nSPS) is 12.2. The number of nitrogens with one attached hydrogen (secondary N) is 1. The van der Waals surface area contributed by atoms with Crippen LogP contribution in [0, 0.1) is 0 Å². The van der Waals surface area contributed by atoms with Crippen molar-refractivity contribution in [3.63, 3.8) is 0 Å². The molecule has 0 unspecified atom stereocenters. The Morgan fingerprint density at radius 3 is 3.06 bits per heavy atom. The Bertz CT molecular complexity index is 415. The summed E-state index contributed by atoms with van der Waals surface area (Å²) in [5.41, 5.74) is 0.908. The van der Waals surface area contributed by atoms with Crippen molar-refractivity contribution in [1.82, 2.24) is 5.32 Å². The highest BCUT2D eigenvalue weighted by Gasteiger charge is 2.14. The maximum absolute atomic E-state index is 11.4. The molecule has 0 atom stereocenters. The molecule has 0 spiro atoms. The van der Waals surface area contributed by atoms with E-state index in [2.05, 4.69) is 11.9 Å². The van der Waals surface area contributed by atoms with Crippen LogP contribution >= 0.6 is 0 Å².